The smallest absolute Gasteiger partial charge is 0.339 e. The van der Waals surface area contributed by atoms with Crippen LogP contribution in [0.3, 0.4) is 0 Å². The van der Waals surface area contributed by atoms with E-state index in [4.69, 9.17) is 11.5 Å². The second kappa shape index (κ2) is 5.01. The van der Waals surface area contributed by atoms with E-state index in [2.05, 4.69) is 10.9 Å². The topological polar surface area (TPSA) is 53.4 Å². The van der Waals surface area contributed by atoms with Gasteiger partial charge in [0.15, 0.2) is 0 Å². The Morgan fingerprint density at radius 3 is 3.00 bits per heavy atom. The summed E-state index contributed by atoms with van der Waals surface area (Å²) in [6.07, 6.45) is 8.10. The van der Waals surface area contributed by atoms with Crippen LogP contribution >= 0.6 is 0 Å². The van der Waals surface area contributed by atoms with Gasteiger partial charge in [-0.05, 0) is 13.0 Å². The molecular formula is C11H12N2O2. The van der Waals surface area contributed by atoms with Gasteiger partial charge in [0.1, 0.15) is 5.56 Å². The first-order valence-corrected chi connectivity index (χ1v) is 4.56. The van der Waals surface area contributed by atoms with E-state index in [0.29, 0.717) is 18.8 Å². The zero-order valence-corrected chi connectivity index (χ0v) is 8.47. The number of carbonyl (C=O) groups is 1. The highest BCUT2D eigenvalue weighted by Crippen LogP contribution is 2.18. The van der Waals surface area contributed by atoms with Gasteiger partial charge in [0.25, 0.3) is 0 Å². The molecule has 0 aliphatic rings. The van der Waals surface area contributed by atoms with Gasteiger partial charge >= 0.3 is 5.97 Å². The van der Waals surface area contributed by atoms with Gasteiger partial charge in [0.2, 0.25) is 0 Å². The predicted molar refractivity (Wildman–Crippen MR) is 57.9 cm³/mol. The first-order valence-electron chi connectivity index (χ1n) is 4.56. The van der Waals surface area contributed by atoms with Crippen molar-refractivity contribution in [3.8, 4) is 12.3 Å². The third kappa shape index (κ3) is 2.47. The molecule has 1 rings (SSSR count). The molecule has 0 unspecified atom stereocenters. The lowest BCUT2D eigenvalue weighted by Gasteiger charge is -2.21. The van der Waals surface area contributed by atoms with Gasteiger partial charge in [0, 0.05) is 18.9 Å². The van der Waals surface area contributed by atoms with Crippen LogP contribution in [0.15, 0.2) is 18.5 Å². The summed E-state index contributed by atoms with van der Waals surface area (Å²) in [6, 6.07) is 1.66. The summed E-state index contributed by atoms with van der Waals surface area (Å²) in [5.41, 5.74) is 0.785. The molecule has 1 N–H and O–H groups in total. The number of carboxylic acids is 1. The molecule has 0 radical (unpaired) electrons. The van der Waals surface area contributed by atoms with E-state index < -0.39 is 5.97 Å². The monoisotopic (exact) mass is 204 g/mol. The number of hydrogen-bond acceptors (Lipinski definition) is 3. The molecule has 0 amide bonds. The number of pyridine rings is 1. The summed E-state index contributed by atoms with van der Waals surface area (Å²) in [4.78, 5) is 16.5. The van der Waals surface area contributed by atoms with Gasteiger partial charge in [-0.15, -0.1) is 6.42 Å². The van der Waals surface area contributed by atoms with Crippen molar-refractivity contribution >= 4 is 11.7 Å². The van der Waals surface area contributed by atoms with Gasteiger partial charge in [-0.3, -0.25) is 4.98 Å². The number of aromatic nitrogens is 1. The Bertz CT molecular complexity index is 396. The summed E-state index contributed by atoms with van der Waals surface area (Å²) in [6.45, 7) is 2.97. The summed E-state index contributed by atoms with van der Waals surface area (Å²) in [5, 5.41) is 8.96. The average Bonchev–Trinajstić information content (AvgIpc) is 2.26. The highest BCUT2D eigenvalue weighted by Gasteiger charge is 2.13. The summed E-state index contributed by atoms with van der Waals surface area (Å²) >= 11 is 0. The minimum Gasteiger partial charge on any atom is -0.478 e. The molecule has 0 aliphatic carbocycles. The van der Waals surface area contributed by atoms with Crippen LogP contribution in [0.25, 0.3) is 0 Å². The van der Waals surface area contributed by atoms with E-state index in [1.165, 1.54) is 6.20 Å². The first kappa shape index (κ1) is 11.1. The molecule has 1 aromatic heterocycles. The third-order valence-electron chi connectivity index (χ3n) is 2.03. The van der Waals surface area contributed by atoms with Crippen LogP contribution in [0.1, 0.15) is 17.3 Å². The minimum atomic E-state index is -0.992. The first-order chi connectivity index (χ1) is 7.20. The van der Waals surface area contributed by atoms with Crippen molar-refractivity contribution in [3.05, 3.63) is 24.0 Å². The van der Waals surface area contributed by atoms with Crippen LogP contribution in [0, 0.1) is 12.3 Å². The van der Waals surface area contributed by atoms with Gasteiger partial charge in [-0.1, -0.05) is 5.92 Å². The maximum atomic E-state index is 10.9. The Hall–Kier alpha value is -2.02. The van der Waals surface area contributed by atoms with Crippen molar-refractivity contribution in [2.24, 2.45) is 0 Å². The van der Waals surface area contributed by atoms with Crippen LogP contribution in [0.5, 0.6) is 0 Å². The number of nitrogens with zero attached hydrogens (tertiary/aromatic N) is 2. The zero-order chi connectivity index (χ0) is 11.3. The largest absolute Gasteiger partial charge is 0.478 e. The maximum absolute atomic E-state index is 10.9. The third-order valence-corrected chi connectivity index (χ3v) is 2.03. The average molecular weight is 204 g/mol. The second-order valence-corrected chi connectivity index (χ2v) is 2.92. The molecule has 0 saturated heterocycles. The van der Waals surface area contributed by atoms with Crippen LogP contribution in [-0.4, -0.2) is 29.1 Å². The lowest BCUT2D eigenvalue weighted by molar-refractivity contribution is 0.0697. The molecule has 0 aromatic carbocycles. The van der Waals surface area contributed by atoms with E-state index in [9.17, 15) is 4.79 Å². The highest BCUT2D eigenvalue weighted by molar-refractivity contribution is 5.94. The van der Waals surface area contributed by atoms with Crippen molar-refractivity contribution < 1.29 is 9.90 Å². The molecule has 1 aromatic rings. The molecule has 0 atom stereocenters. The normalized spacial score (nSPS) is 9.33. The van der Waals surface area contributed by atoms with E-state index >= 15 is 0 Å². The number of rotatable bonds is 4. The van der Waals surface area contributed by atoms with Crippen molar-refractivity contribution in [3.63, 3.8) is 0 Å². The predicted octanol–water partition coefficient (Wildman–Crippen LogP) is 1.24. The molecule has 0 fully saturated rings. The maximum Gasteiger partial charge on any atom is 0.339 e. The fraction of sp³-hybridized carbons (Fsp3) is 0.273. The molecule has 4 nitrogen and oxygen atoms in total. The molecule has 0 aliphatic heterocycles. The number of aromatic carboxylic acids is 1. The van der Waals surface area contributed by atoms with E-state index in [1.54, 1.807) is 12.3 Å². The highest BCUT2D eigenvalue weighted by atomic mass is 16.4. The Balaban J connectivity index is 3.11. The minimum absolute atomic E-state index is 0.176. The molecule has 0 saturated carbocycles. The standard InChI is InChI=1S/C11H12N2O2/c1-3-7-13(4-2)10-5-6-12-8-9(10)11(14)15/h1,5-6,8H,4,7H2,2H3,(H,14,15). The van der Waals surface area contributed by atoms with Crippen LogP contribution in [0.4, 0.5) is 5.69 Å². The molecule has 1 heterocycles. The zero-order valence-electron chi connectivity index (χ0n) is 8.47. The van der Waals surface area contributed by atoms with Gasteiger partial charge in [-0.2, -0.15) is 0 Å². The number of carboxylic acid groups (broad SMARTS) is 1. The SMILES string of the molecule is C#CCN(CC)c1ccncc1C(=O)O. The van der Waals surface area contributed by atoms with Crippen molar-refractivity contribution in [2.75, 3.05) is 18.0 Å². The van der Waals surface area contributed by atoms with Crippen molar-refractivity contribution in [1.29, 1.82) is 0 Å². The molecule has 78 valence electrons. The summed E-state index contributed by atoms with van der Waals surface area (Å²) in [7, 11) is 0. The van der Waals surface area contributed by atoms with Crippen molar-refractivity contribution in [1.82, 2.24) is 4.98 Å². The molecule has 0 bridgehead atoms. The van der Waals surface area contributed by atoms with Crippen molar-refractivity contribution in [2.45, 2.75) is 6.92 Å². The Labute approximate surface area is 88.6 Å². The lowest BCUT2D eigenvalue weighted by Crippen LogP contribution is -2.25. The molecule has 4 heteroatoms. The van der Waals surface area contributed by atoms with Crippen LogP contribution in [-0.2, 0) is 0 Å². The van der Waals surface area contributed by atoms with E-state index in [1.807, 2.05) is 11.8 Å². The fourth-order valence-electron chi connectivity index (χ4n) is 1.31. The Morgan fingerprint density at radius 1 is 1.73 bits per heavy atom. The van der Waals surface area contributed by atoms with E-state index in [0.717, 1.165) is 0 Å². The second-order valence-electron chi connectivity index (χ2n) is 2.92. The van der Waals surface area contributed by atoms with Crippen LogP contribution < -0.4 is 4.90 Å². The van der Waals surface area contributed by atoms with Gasteiger partial charge in [-0.25, -0.2) is 4.79 Å². The Morgan fingerprint density at radius 2 is 2.47 bits per heavy atom. The Kier molecular flexibility index (Phi) is 3.69. The molecular weight excluding hydrogens is 192 g/mol. The molecule has 0 spiro atoms. The summed E-state index contributed by atoms with van der Waals surface area (Å²) < 4.78 is 0. The van der Waals surface area contributed by atoms with Gasteiger partial charge in [0.05, 0.1) is 12.2 Å². The molecule has 15 heavy (non-hydrogen) atoms. The van der Waals surface area contributed by atoms with E-state index in [-0.39, 0.29) is 5.56 Å². The van der Waals surface area contributed by atoms with Gasteiger partial charge < -0.3 is 10.0 Å². The lowest BCUT2D eigenvalue weighted by atomic mass is 10.2. The number of terminal acetylenes is 1. The number of hydrogen-bond donors (Lipinski definition) is 1. The summed E-state index contributed by atoms with van der Waals surface area (Å²) in [5.74, 6) is 1.50. The number of anilines is 1. The quantitative estimate of drug-likeness (QED) is 0.750. The van der Waals surface area contributed by atoms with Crippen LogP contribution in [0.2, 0.25) is 0 Å². The fourth-order valence-corrected chi connectivity index (χ4v) is 1.31.